The molecule has 19 heavy (non-hydrogen) atoms. The zero-order valence-corrected chi connectivity index (χ0v) is 11.6. The number of para-hydroxylation sites is 1. The SMILES string of the molecule is CC(C)NS(=O)(=O)c1ccccc1-n1cc(N)cn1. The summed E-state index contributed by atoms with van der Waals surface area (Å²) in [5.74, 6) is 0. The van der Waals surface area contributed by atoms with Gasteiger partial charge in [0.2, 0.25) is 10.0 Å². The molecule has 0 aliphatic rings. The maximum Gasteiger partial charge on any atom is 0.242 e. The molecule has 0 saturated carbocycles. The summed E-state index contributed by atoms with van der Waals surface area (Å²) in [6.07, 6.45) is 3.04. The molecule has 0 radical (unpaired) electrons. The van der Waals surface area contributed by atoms with E-state index >= 15 is 0 Å². The lowest BCUT2D eigenvalue weighted by molar-refractivity contribution is 0.569. The van der Waals surface area contributed by atoms with Crippen molar-refractivity contribution in [2.24, 2.45) is 0 Å². The summed E-state index contributed by atoms with van der Waals surface area (Å²) < 4.78 is 28.5. The van der Waals surface area contributed by atoms with Crippen molar-refractivity contribution in [3.63, 3.8) is 0 Å². The van der Waals surface area contributed by atoms with Gasteiger partial charge in [-0.05, 0) is 26.0 Å². The van der Waals surface area contributed by atoms with Crippen LogP contribution in [0.15, 0.2) is 41.6 Å². The molecule has 0 spiro atoms. The van der Waals surface area contributed by atoms with Gasteiger partial charge in [0.25, 0.3) is 0 Å². The molecular formula is C12H16N4O2S. The highest BCUT2D eigenvalue weighted by molar-refractivity contribution is 7.89. The molecule has 0 aliphatic heterocycles. The normalized spacial score (nSPS) is 11.9. The van der Waals surface area contributed by atoms with Crippen LogP contribution in [0.2, 0.25) is 0 Å². The van der Waals surface area contributed by atoms with E-state index in [2.05, 4.69) is 9.82 Å². The molecule has 1 aromatic carbocycles. The molecule has 0 saturated heterocycles. The maximum absolute atomic E-state index is 12.3. The number of nitrogens with two attached hydrogens (primary N) is 1. The lowest BCUT2D eigenvalue weighted by Gasteiger charge is -2.13. The van der Waals surface area contributed by atoms with Crippen LogP contribution in [0.1, 0.15) is 13.8 Å². The summed E-state index contributed by atoms with van der Waals surface area (Å²) in [7, 11) is -3.58. The van der Waals surface area contributed by atoms with Crippen molar-refractivity contribution in [2.45, 2.75) is 24.8 Å². The first-order valence-electron chi connectivity index (χ1n) is 5.82. The van der Waals surface area contributed by atoms with Gasteiger partial charge in [-0.1, -0.05) is 12.1 Å². The van der Waals surface area contributed by atoms with Crippen LogP contribution in [0.4, 0.5) is 5.69 Å². The Labute approximate surface area is 112 Å². The predicted molar refractivity (Wildman–Crippen MR) is 73.4 cm³/mol. The van der Waals surface area contributed by atoms with Gasteiger partial charge in [0.1, 0.15) is 4.90 Å². The second-order valence-electron chi connectivity index (χ2n) is 4.46. The topological polar surface area (TPSA) is 90.0 Å². The second-order valence-corrected chi connectivity index (χ2v) is 6.14. The van der Waals surface area contributed by atoms with E-state index < -0.39 is 10.0 Å². The first kappa shape index (κ1) is 13.6. The fraction of sp³-hybridized carbons (Fsp3) is 0.250. The minimum absolute atomic E-state index is 0.173. The Balaban J connectivity index is 2.54. The van der Waals surface area contributed by atoms with E-state index in [0.29, 0.717) is 11.4 Å². The molecule has 0 unspecified atom stereocenters. The van der Waals surface area contributed by atoms with E-state index in [4.69, 9.17) is 5.73 Å². The molecule has 0 atom stereocenters. The van der Waals surface area contributed by atoms with E-state index in [1.54, 1.807) is 38.2 Å². The van der Waals surface area contributed by atoms with Crippen molar-refractivity contribution in [3.8, 4) is 5.69 Å². The van der Waals surface area contributed by atoms with Gasteiger partial charge in [0.15, 0.2) is 0 Å². The molecule has 1 heterocycles. The Morgan fingerprint density at radius 3 is 2.58 bits per heavy atom. The van der Waals surface area contributed by atoms with Crippen molar-refractivity contribution >= 4 is 15.7 Å². The van der Waals surface area contributed by atoms with Crippen LogP contribution in [0.5, 0.6) is 0 Å². The number of anilines is 1. The first-order chi connectivity index (χ1) is 8.90. The van der Waals surface area contributed by atoms with Gasteiger partial charge in [-0.15, -0.1) is 0 Å². The molecule has 3 N–H and O–H groups in total. The fourth-order valence-electron chi connectivity index (χ4n) is 1.72. The molecule has 2 aromatic rings. The van der Waals surface area contributed by atoms with E-state index in [1.807, 2.05) is 0 Å². The lowest BCUT2D eigenvalue weighted by Crippen LogP contribution is -2.31. The van der Waals surface area contributed by atoms with Gasteiger partial charge in [-0.25, -0.2) is 17.8 Å². The number of rotatable bonds is 4. The van der Waals surface area contributed by atoms with Gasteiger partial charge >= 0.3 is 0 Å². The summed E-state index contributed by atoms with van der Waals surface area (Å²) in [6.45, 7) is 3.54. The number of benzene rings is 1. The fourth-order valence-corrected chi connectivity index (χ4v) is 3.16. The molecule has 0 aliphatic carbocycles. The van der Waals surface area contributed by atoms with Gasteiger partial charge in [-0.3, -0.25) is 0 Å². The maximum atomic E-state index is 12.3. The van der Waals surface area contributed by atoms with Crippen molar-refractivity contribution < 1.29 is 8.42 Å². The quantitative estimate of drug-likeness (QED) is 0.878. The van der Waals surface area contributed by atoms with Crippen LogP contribution in [0, 0.1) is 0 Å². The molecule has 7 heteroatoms. The molecular weight excluding hydrogens is 264 g/mol. The number of aromatic nitrogens is 2. The van der Waals surface area contributed by atoms with Crippen molar-refractivity contribution in [1.29, 1.82) is 0 Å². The number of nitrogen functional groups attached to an aromatic ring is 1. The minimum atomic E-state index is -3.58. The Morgan fingerprint density at radius 2 is 2.00 bits per heavy atom. The smallest absolute Gasteiger partial charge is 0.242 e. The number of nitrogens with one attached hydrogen (secondary N) is 1. The van der Waals surface area contributed by atoms with Crippen LogP contribution in [0.25, 0.3) is 5.69 Å². The van der Waals surface area contributed by atoms with Gasteiger partial charge in [0.05, 0.1) is 23.8 Å². The molecule has 0 bridgehead atoms. The van der Waals surface area contributed by atoms with E-state index in [-0.39, 0.29) is 10.9 Å². The molecule has 0 fully saturated rings. The highest BCUT2D eigenvalue weighted by atomic mass is 32.2. The highest BCUT2D eigenvalue weighted by Crippen LogP contribution is 2.20. The predicted octanol–water partition coefficient (Wildman–Crippen LogP) is 1.14. The third kappa shape index (κ3) is 2.94. The van der Waals surface area contributed by atoms with Gasteiger partial charge in [0, 0.05) is 6.04 Å². The largest absolute Gasteiger partial charge is 0.396 e. The third-order valence-corrected chi connectivity index (χ3v) is 4.10. The van der Waals surface area contributed by atoms with Crippen LogP contribution in [-0.2, 0) is 10.0 Å². The summed E-state index contributed by atoms with van der Waals surface area (Å²) in [6, 6.07) is 6.47. The van der Waals surface area contributed by atoms with E-state index in [9.17, 15) is 8.42 Å². The lowest BCUT2D eigenvalue weighted by atomic mass is 10.3. The zero-order chi connectivity index (χ0) is 14.0. The number of hydrogen-bond acceptors (Lipinski definition) is 4. The molecule has 2 rings (SSSR count). The summed E-state index contributed by atoms with van der Waals surface area (Å²) in [5.41, 5.74) is 6.55. The summed E-state index contributed by atoms with van der Waals surface area (Å²) in [4.78, 5) is 0.173. The summed E-state index contributed by atoms with van der Waals surface area (Å²) in [5, 5.41) is 4.04. The monoisotopic (exact) mass is 280 g/mol. The van der Waals surface area contributed by atoms with Crippen LogP contribution < -0.4 is 10.5 Å². The first-order valence-corrected chi connectivity index (χ1v) is 7.30. The molecule has 102 valence electrons. The van der Waals surface area contributed by atoms with Crippen LogP contribution in [0.3, 0.4) is 0 Å². The Kier molecular flexibility index (Phi) is 3.59. The standard InChI is InChI=1S/C12H16N4O2S/c1-9(2)15-19(17,18)12-6-4-3-5-11(12)16-8-10(13)7-14-16/h3-9,15H,13H2,1-2H3. The van der Waals surface area contributed by atoms with Crippen molar-refractivity contribution in [3.05, 3.63) is 36.7 Å². The summed E-state index contributed by atoms with van der Waals surface area (Å²) >= 11 is 0. The van der Waals surface area contributed by atoms with E-state index in [0.717, 1.165) is 0 Å². The number of sulfonamides is 1. The minimum Gasteiger partial charge on any atom is -0.396 e. The second kappa shape index (κ2) is 5.02. The molecule has 1 aromatic heterocycles. The van der Waals surface area contributed by atoms with Crippen LogP contribution >= 0.6 is 0 Å². The molecule has 6 nitrogen and oxygen atoms in total. The highest BCUT2D eigenvalue weighted by Gasteiger charge is 2.20. The zero-order valence-electron chi connectivity index (χ0n) is 10.7. The average molecular weight is 280 g/mol. The third-order valence-electron chi connectivity index (χ3n) is 2.40. The Morgan fingerprint density at radius 1 is 1.32 bits per heavy atom. The van der Waals surface area contributed by atoms with Crippen molar-refractivity contribution in [1.82, 2.24) is 14.5 Å². The van der Waals surface area contributed by atoms with Crippen LogP contribution in [-0.4, -0.2) is 24.2 Å². The average Bonchev–Trinajstić information content (AvgIpc) is 2.74. The van der Waals surface area contributed by atoms with Gasteiger partial charge in [-0.2, -0.15) is 5.10 Å². The van der Waals surface area contributed by atoms with Crippen molar-refractivity contribution in [2.75, 3.05) is 5.73 Å². The number of hydrogen-bond donors (Lipinski definition) is 2. The number of nitrogens with zero attached hydrogens (tertiary/aromatic N) is 2. The Bertz CT molecular complexity index is 677. The van der Waals surface area contributed by atoms with Gasteiger partial charge < -0.3 is 5.73 Å². The Hall–Kier alpha value is -1.86. The van der Waals surface area contributed by atoms with E-state index in [1.165, 1.54) is 16.9 Å². The molecule has 0 amide bonds.